The van der Waals surface area contributed by atoms with Crippen molar-refractivity contribution in [1.29, 1.82) is 0 Å². The van der Waals surface area contributed by atoms with Gasteiger partial charge in [0, 0.05) is 40.6 Å². The molecule has 19 heavy (non-hydrogen) atoms. The molecule has 1 fully saturated rings. The fraction of sp³-hybridized carbons (Fsp3) is 0.438. The van der Waals surface area contributed by atoms with E-state index < -0.39 is 0 Å². The van der Waals surface area contributed by atoms with Crippen LogP contribution in [0.5, 0.6) is 0 Å². The standard InChI is InChI=1S/C16H21N3/c1-2-12(9-11-3-4-11)19-16-6-5-15(17)13-7-8-18-10-14(13)16/h5-8,10-12,19H,2-4,9,17H2,1H3. The second kappa shape index (κ2) is 5.08. The number of nitrogens with zero attached hydrogens (tertiary/aromatic N) is 1. The molecule has 1 atom stereocenters. The van der Waals surface area contributed by atoms with Crippen molar-refractivity contribution < 1.29 is 0 Å². The Balaban J connectivity index is 1.89. The molecule has 2 aromatic rings. The predicted molar refractivity (Wildman–Crippen MR) is 81.2 cm³/mol. The molecule has 1 aliphatic carbocycles. The Morgan fingerprint density at radius 2 is 2.16 bits per heavy atom. The fourth-order valence-electron chi connectivity index (χ4n) is 2.64. The van der Waals surface area contributed by atoms with Gasteiger partial charge in [0.05, 0.1) is 0 Å². The van der Waals surface area contributed by atoms with Gasteiger partial charge in [-0.05, 0) is 37.0 Å². The smallest absolute Gasteiger partial charge is 0.0439 e. The molecule has 0 bridgehead atoms. The van der Waals surface area contributed by atoms with Gasteiger partial charge in [-0.2, -0.15) is 0 Å². The number of fused-ring (bicyclic) bond motifs is 1. The van der Waals surface area contributed by atoms with Crippen LogP contribution >= 0.6 is 0 Å². The maximum absolute atomic E-state index is 6.02. The summed E-state index contributed by atoms with van der Waals surface area (Å²) in [5.41, 5.74) is 8.00. The van der Waals surface area contributed by atoms with Crippen LogP contribution in [0.25, 0.3) is 10.8 Å². The Bertz CT molecular complexity index is 575. The van der Waals surface area contributed by atoms with E-state index in [1.165, 1.54) is 19.3 Å². The number of nitrogens with two attached hydrogens (primary N) is 1. The maximum atomic E-state index is 6.02. The molecular formula is C16H21N3. The Morgan fingerprint density at radius 3 is 2.89 bits per heavy atom. The van der Waals surface area contributed by atoms with Gasteiger partial charge in [-0.25, -0.2) is 0 Å². The van der Waals surface area contributed by atoms with E-state index in [2.05, 4.69) is 23.3 Å². The van der Waals surface area contributed by atoms with Crippen molar-refractivity contribution in [2.75, 3.05) is 11.1 Å². The van der Waals surface area contributed by atoms with Gasteiger partial charge in [0.1, 0.15) is 0 Å². The van der Waals surface area contributed by atoms with Crippen molar-refractivity contribution in [3.8, 4) is 0 Å². The highest BCUT2D eigenvalue weighted by molar-refractivity contribution is 6.00. The van der Waals surface area contributed by atoms with Crippen molar-refractivity contribution in [2.24, 2.45) is 5.92 Å². The zero-order valence-corrected chi connectivity index (χ0v) is 11.4. The molecule has 0 aliphatic heterocycles. The van der Waals surface area contributed by atoms with Crippen molar-refractivity contribution in [3.05, 3.63) is 30.6 Å². The van der Waals surface area contributed by atoms with Crippen LogP contribution in [0.3, 0.4) is 0 Å². The van der Waals surface area contributed by atoms with Gasteiger partial charge in [-0.15, -0.1) is 0 Å². The number of rotatable bonds is 5. The molecule has 1 heterocycles. The second-order valence-corrected chi connectivity index (χ2v) is 5.55. The van der Waals surface area contributed by atoms with E-state index >= 15 is 0 Å². The number of hydrogen-bond acceptors (Lipinski definition) is 3. The number of hydrogen-bond donors (Lipinski definition) is 2. The third-order valence-corrected chi connectivity index (χ3v) is 4.02. The van der Waals surface area contributed by atoms with E-state index in [0.29, 0.717) is 6.04 Å². The van der Waals surface area contributed by atoms with E-state index in [1.54, 1.807) is 6.20 Å². The number of nitrogens with one attached hydrogen (secondary N) is 1. The molecule has 0 saturated heterocycles. The van der Waals surface area contributed by atoms with E-state index in [0.717, 1.165) is 34.5 Å². The van der Waals surface area contributed by atoms with Crippen LogP contribution in [-0.4, -0.2) is 11.0 Å². The number of nitrogen functional groups attached to an aromatic ring is 1. The molecule has 1 saturated carbocycles. The van der Waals surface area contributed by atoms with Crippen LogP contribution < -0.4 is 11.1 Å². The molecule has 0 amide bonds. The minimum atomic E-state index is 0.555. The topological polar surface area (TPSA) is 50.9 Å². The van der Waals surface area contributed by atoms with Gasteiger partial charge in [0.15, 0.2) is 0 Å². The molecule has 3 heteroatoms. The summed E-state index contributed by atoms with van der Waals surface area (Å²) in [6.07, 6.45) is 8.94. The van der Waals surface area contributed by atoms with Gasteiger partial charge in [-0.1, -0.05) is 19.8 Å². The van der Waals surface area contributed by atoms with Crippen LogP contribution in [-0.2, 0) is 0 Å². The van der Waals surface area contributed by atoms with E-state index in [4.69, 9.17) is 5.73 Å². The zero-order valence-electron chi connectivity index (χ0n) is 11.4. The molecular weight excluding hydrogens is 234 g/mol. The number of anilines is 2. The van der Waals surface area contributed by atoms with Gasteiger partial charge in [0.2, 0.25) is 0 Å². The molecule has 3 N–H and O–H groups in total. The molecule has 1 unspecified atom stereocenters. The lowest BCUT2D eigenvalue weighted by atomic mass is 10.1. The third-order valence-electron chi connectivity index (χ3n) is 4.02. The van der Waals surface area contributed by atoms with Crippen LogP contribution in [0, 0.1) is 5.92 Å². The summed E-state index contributed by atoms with van der Waals surface area (Å²) in [5, 5.41) is 5.88. The van der Waals surface area contributed by atoms with Crippen molar-refractivity contribution in [1.82, 2.24) is 4.98 Å². The number of benzene rings is 1. The van der Waals surface area contributed by atoms with E-state index in [9.17, 15) is 0 Å². The molecule has 1 aliphatic rings. The summed E-state index contributed by atoms with van der Waals surface area (Å²) < 4.78 is 0. The van der Waals surface area contributed by atoms with Crippen LogP contribution in [0.15, 0.2) is 30.6 Å². The summed E-state index contributed by atoms with van der Waals surface area (Å²) >= 11 is 0. The highest BCUT2D eigenvalue weighted by atomic mass is 14.9. The first kappa shape index (κ1) is 12.3. The van der Waals surface area contributed by atoms with Crippen molar-refractivity contribution >= 4 is 22.1 Å². The third kappa shape index (κ3) is 2.65. The Labute approximate surface area is 114 Å². The number of pyridine rings is 1. The quantitative estimate of drug-likeness (QED) is 0.799. The Kier molecular flexibility index (Phi) is 3.28. The minimum absolute atomic E-state index is 0.555. The van der Waals surface area contributed by atoms with Crippen molar-refractivity contribution in [2.45, 2.75) is 38.6 Å². The normalized spacial score (nSPS) is 16.5. The summed E-state index contributed by atoms with van der Waals surface area (Å²) in [6, 6.07) is 6.60. The molecule has 0 spiro atoms. The van der Waals surface area contributed by atoms with Gasteiger partial charge >= 0.3 is 0 Å². The second-order valence-electron chi connectivity index (χ2n) is 5.55. The zero-order chi connectivity index (χ0) is 13.2. The SMILES string of the molecule is CCC(CC1CC1)Nc1ccc(N)c2ccncc12. The summed E-state index contributed by atoms with van der Waals surface area (Å²) in [6.45, 7) is 2.25. The first-order valence-electron chi connectivity index (χ1n) is 7.16. The maximum Gasteiger partial charge on any atom is 0.0439 e. The molecule has 3 nitrogen and oxygen atoms in total. The summed E-state index contributed by atoms with van der Waals surface area (Å²) in [4.78, 5) is 4.23. The van der Waals surface area contributed by atoms with E-state index in [1.807, 2.05) is 18.3 Å². The average Bonchev–Trinajstić information content (AvgIpc) is 3.25. The first-order valence-corrected chi connectivity index (χ1v) is 7.16. The van der Waals surface area contributed by atoms with Crippen LogP contribution in [0.2, 0.25) is 0 Å². The lowest BCUT2D eigenvalue weighted by molar-refractivity contribution is 0.587. The molecule has 3 rings (SSSR count). The molecule has 1 aromatic heterocycles. The number of aromatic nitrogens is 1. The summed E-state index contributed by atoms with van der Waals surface area (Å²) in [5.74, 6) is 0.940. The van der Waals surface area contributed by atoms with Crippen molar-refractivity contribution in [3.63, 3.8) is 0 Å². The van der Waals surface area contributed by atoms with E-state index in [-0.39, 0.29) is 0 Å². The first-order chi connectivity index (χ1) is 9.28. The molecule has 1 aromatic carbocycles. The Morgan fingerprint density at radius 1 is 1.32 bits per heavy atom. The largest absolute Gasteiger partial charge is 0.398 e. The average molecular weight is 255 g/mol. The predicted octanol–water partition coefficient (Wildman–Crippen LogP) is 3.81. The van der Waals surface area contributed by atoms with Gasteiger partial charge < -0.3 is 11.1 Å². The summed E-state index contributed by atoms with van der Waals surface area (Å²) in [7, 11) is 0. The molecule has 0 radical (unpaired) electrons. The van der Waals surface area contributed by atoms with Gasteiger partial charge in [0.25, 0.3) is 0 Å². The molecule has 100 valence electrons. The van der Waals surface area contributed by atoms with Gasteiger partial charge in [-0.3, -0.25) is 4.98 Å². The lowest BCUT2D eigenvalue weighted by Gasteiger charge is -2.19. The minimum Gasteiger partial charge on any atom is -0.398 e. The fourth-order valence-corrected chi connectivity index (χ4v) is 2.64. The monoisotopic (exact) mass is 255 g/mol. The highest BCUT2D eigenvalue weighted by Gasteiger charge is 2.24. The lowest BCUT2D eigenvalue weighted by Crippen LogP contribution is -2.19. The Hall–Kier alpha value is -1.77. The van der Waals surface area contributed by atoms with Crippen LogP contribution in [0.4, 0.5) is 11.4 Å². The van der Waals surface area contributed by atoms with Crippen LogP contribution in [0.1, 0.15) is 32.6 Å². The highest BCUT2D eigenvalue weighted by Crippen LogP contribution is 2.35.